The van der Waals surface area contributed by atoms with Crippen molar-refractivity contribution in [2.75, 3.05) is 13.2 Å². The van der Waals surface area contributed by atoms with E-state index in [-0.39, 0.29) is 19.8 Å². The lowest BCUT2D eigenvalue weighted by atomic mass is 10.2. The van der Waals surface area contributed by atoms with E-state index in [0.29, 0.717) is 0 Å². The molecule has 0 saturated carbocycles. The molecule has 5 nitrogen and oxygen atoms in total. The monoisotopic (exact) mass is 231 g/mol. The number of nitrogens with two attached hydrogens (primary N) is 1. The Balaban J connectivity index is 2.39. The van der Waals surface area contributed by atoms with Crippen LogP contribution in [0.5, 0.6) is 0 Å². The second kappa shape index (κ2) is 6.00. The second-order valence-electron chi connectivity index (χ2n) is 2.85. The van der Waals surface area contributed by atoms with E-state index in [9.17, 15) is 4.57 Å². The molecule has 0 amide bonds. The Labute approximate surface area is 88.4 Å². The third-order valence-corrected chi connectivity index (χ3v) is 2.57. The molecule has 84 valence electrons. The van der Waals surface area contributed by atoms with Crippen LogP contribution in [0.25, 0.3) is 0 Å². The molecule has 0 aliphatic rings. The summed E-state index contributed by atoms with van der Waals surface area (Å²) in [7, 11) is -3.95. The third kappa shape index (κ3) is 5.06. The Kier molecular flexibility index (Phi) is 4.94. The Morgan fingerprint density at radius 3 is 2.53 bits per heavy atom. The largest absolute Gasteiger partial charge is 0.472 e. The maximum Gasteiger partial charge on any atom is 0.472 e. The molecule has 0 saturated heterocycles. The molecule has 15 heavy (non-hydrogen) atoms. The summed E-state index contributed by atoms with van der Waals surface area (Å²) in [6.45, 7) is 0.223. The summed E-state index contributed by atoms with van der Waals surface area (Å²) >= 11 is 0. The van der Waals surface area contributed by atoms with E-state index >= 15 is 0 Å². The summed E-state index contributed by atoms with van der Waals surface area (Å²) in [5, 5.41) is 0. The highest BCUT2D eigenvalue weighted by Gasteiger charge is 2.20. The number of phosphoric ester groups is 1. The summed E-state index contributed by atoms with van der Waals surface area (Å²) < 4.78 is 20.5. The summed E-state index contributed by atoms with van der Waals surface area (Å²) in [6, 6.07) is 9.09. The van der Waals surface area contributed by atoms with Crippen molar-refractivity contribution in [1.29, 1.82) is 0 Å². The topological polar surface area (TPSA) is 81.8 Å². The first-order valence-corrected chi connectivity index (χ1v) is 5.99. The Hall–Kier alpha value is -0.710. The van der Waals surface area contributed by atoms with Gasteiger partial charge in [0.05, 0.1) is 13.2 Å². The Morgan fingerprint density at radius 1 is 1.27 bits per heavy atom. The summed E-state index contributed by atoms with van der Waals surface area (Å²) in [5.74, 6) is 0. The Bertz CT molecular complexity index is 330. The van der Waals surface area contributed by atoms with Gasteiger partial charge in [-0.1, -0.05) is 30.3 Å². The van der Waals surface area contributed by atoms with Crippen LogP contribution in [0.4, 0.5) is 0 Å². The first kappa shape index (κ1) is 12.4. The molecule has 6 heteroatoms. The van der Waals surface area contributed by atoms with E-state index in [0.717, 1.165) is 5.56 Å². The lowest BCUT2D eigenvalue weighted by Gasteiger charge is -2.11. The van der Waals surface area contributed by atoms with Crippen LogP contribution in [0.2, 0.25) is 0 Å². The highest BCUT2D eigenvalue weighted by molar-refractivity contribution is 7.47. The van der Waals surface area contributed by atoms with E-state index in [1.807, 2.05) is 18.2 Å². The normalized spacial score (nSPS) is 14.8. The molecule has 0 heterocycles. The van der Waals surface area contributed by atoms with E-state index in [2.05, 4.69) is 4.52 Å². The molecule has 1 atom stereocenters. The first-order chi connectivity index (χ1) is 7.14. The number of benzene rings is 1. The molecule has 0 aliphatic heterocycles. The molecule has 1 aromatic rings. The fourth-order valence-corrected chi connectivity index (χ4v) is 1.66. The molecule has 0 aromatic heterocycles. The van der Waals surface area contributed by atoms with Crippen molar-refractivity contribution in [3.05, 3.63) is 35.9 Å². The molecule has 1 rings (SSSR count). The van der Waals surface area contributed by atoms with Crippen molar-refractivity contribution in [2.24, 2.45) is 5.73 Å². The van der Waals surface area contributed by atoms with E-state index in [4.69, 9.17) is 15.2 Å². The van der Waals surface area contributed by atoms with Gasteiger partial charge in [-0.25, -0.2) is 4.57 Å². The zero-order valence-electron chi connectivity index (χ0n) is 8.20. The summed E-state index contributed by atoms with van der Waals surface area (Å²) in [4.78, 5) is 9.16. The minimum Gasteiger partial charge on any atom is -0.328 e. The van der Waals surface area contributed by atoms with Gasteiger partial charge in [-0.15, -0.1) is 0 Å². The second-order valence-corrected chi connectivity index (χ2v) is 4.30. The minimum atomic E-state index is -3.95. The zero-order valence-corrected chi connectivity index (χ0v) is 9.10. The summed E-state index contributed by atoms with van der Waals surface area (Å²) in [5.41, 5.74) is 5.94. The predicted molar refractivity (Wildman–Crippen MR) is 56.1 cm³/mol. The van der Waals surface area contributed by atoms with Crippen LogP contribution in [0.1, 0.15) is 5.56 Å². The van der Waals surface area contributed by atoms with Gasteiger partial charge in [0.25, 0.3) is 0 Å². The van der Waals surface area contributed by atoms with Crippen LogP contribution in [-0.4, -0.2) is 18.0 Å². The minimum absolute atomic E-state index is 0.00255. The number of phosphoric acid groups is 1. The van der Waals surface area contributed by atoms with Gasteiger partial charge in [-0.3, -0.25) is 9.05 Å². The standard InChI is InChI=1S/C9H14NO4P/c10-6-7-13-15(11,12)14-8-9-4-2-1-3-5-9/h1-5H,6-8,10H2,(H,11,12). The van der Waals surface area contributed by atoms with Crippen molar-refractivity contribution < 1.29 is 18.5 Å². The molecular formula is C9H14NO4P. The van der Waals surface area contributed by atoms with Crippen molar-refractivity contribution in [3.8, 4) is 0 Å². The van der Waals surface area contributed by atoms with Crippen molar-refractivity contribution >= 4 is 7.82 Å². The number of rotatable bonds is 6. The maximum absolute atomic E-state index is 11.2. The molecule has 0 fully saturated rings. The van der Waals surface area contributed by atoms with Gasteiger partial charge in [-0.05, 0) is 5.56 Å². The van der Waals surface area contributed by atoms with Crippen LogP contribution < -0.4 is 5.73 Å². The smallest absolute Gasteiger partial charge is 0.328 e. The molecular weight excluding hydrogens is 217 g/mol. The molecule has 1 aromatic carbocycles. The van der Waals surface area contributed by atoms with Gasteiger partial charge < -0.3 is 10.6 Å². The average Bonchev–Trinajstić information content (AvgIpc) is 2.25. The van der Waals surface area contributed by atoms with Gasteiger partial charge in [-0.2, -0.15) is 0 Å². The first-order valence-electron chi connectivity index (χ1n) is 4.50. The van der Waals surface area contributed by atoms with E-state index < -0.39 is 7.82 Å². The van der Waals surface area contributed by atoms with Crippen molar-refractivity contribution in [3.63, 3.8) is 0 Å². The molecule has 3 N–H and O–H groups in total. The molecule has 0 bridgehead atoms. The van der Waals surface area contributed by atoms with Crippen molar-refractivity contribution in [1.82, 2.24) is 0 Å². The quantitative estimate of drug-likeness (QED) is 0.720. The fourth-order valence-electron chi connectivity index (χ4n) is 0.936. The maximum atomic E-state index is 11.2. The van der Waals surface area contributed by atoms with Crippen molar-refractivity contribution in [2.45, 2.75) is 6.61 Å². The van der Waals surface area contributed by atoms with Gasteiger partial charge in [0, 0.05) is 6.54 Å². The Morgan fingerprint density at radius 2 is 1.93 bits per heavy atom. The lowest BCUT2D eigenvalue weighted by Crippen LogP contribution is -2.08. The molecule has 0 radical (unpaired) electrons. The zero-order chi connectivity index (χ0) is 11.1. The van der Waals surface area contributed by atoms with Gasteiger partial charge in [0.2, 0.25) is 0 Å². The molecule has 0 aliphatic carbocycles. The molecule has 1 unspecified atom stereocenters. The highest BCUT2D eigenvalue weighted by Crippen LogP contribution is 2.43. The van der Waals surface area contributed by atoms with Crippen LogP contribution in [0.3, 0.4) is 0 Å². The van der Waals surface area contributed by atoms with Gasteiger partial charge in [0.15, 0.2) is 0 Å². The summed E-state index contributed by atoms with van der Waals surface area (Å²) in [6.07, 6.45) is 0. The number of hydrogen-bond acceptors (Lipinski definition) is 4. The number of hydrogen-bond donors (Lipinski definition) is 2. The van der Waals surface area contributed by atoms with Crippen LogP contribution in [-0.2, 0) is 20.2 Å². The van der Waals surface area contributed by atoms with Crippen LogP contribution in [0, 0.1) is 0 Å². The van der Waals surface area contributed by atoms with Crippen LogP contribution in [0.15, 0.2) is 30.3 Å². The SMILES string of the molecule is NCCOP(=O)(O)OCc1ccccc1. The lowest BCUT2D eigenvalue weighted by molar-refractivity contribution is 0.146. The van der Waals surface area contributed by atoms with Gasteiger partial charge >= 0.3 is 7.82 Å². The van der Waals surface area contributed by atoms with Crippen LogP contribution >= 0.6 is 7.82 Å². The van der Waals surface area contributed by atoms with Gasteiger partial charge in [0.1, 0.15) is 0 Å². The third-order valence-electron chi connectivity index (χ3n) is 1.61. The van der Waals surface area contributed by atoms with E-state index in [1.54, 1.807) is 12.1 Å². The average molecular weight is 231 g/mol. The predicted octanol–water partition coefficient (Wildman–Crippen LogP) is 1.28. The highest BCUT2D eigenvalue weighted by atomic mass is 31.2. The fraction of sp³-hybridized carbons (Fsp3) is 0.333. The van der Waals surface area contributed by atoms with E-state index in [1.165, 1.54) is 0 Å². The molecule has 0 spiro atoms.